The number of hydrogen-bond acceptors (Lipinski definition) is 5. The van der Waals surface area contributed by atoms with E-state index in [-0.39, 0.29) is 24.8 Å². The van der Waals surface area contributed by atoms with Crippen molar-refractivity contribution in [3.8, 4) is 11.5 Å². The van der Waals surface area contributed by atoms with Crippen LogP contribution in [0.1, 0.15) is 29.0 Å². The second-order valence-electron chi connectivity index (χ2n) is 6.65. The molecule has 2 N–H and O–H groups in total. The number of nitrogens with one attached hydrogen (secondary N) is 2. The standard InChI is InChI=1S/C22H22N2O3S/c1-15(22(25)23-13-16-9-10-18-19(12-16)27-14-26-18)24-21(20-8-5-11-28-20)17-6-3-2-4-7-17/h2-12,15,21,24H,13-14H2,1H3,(H,23,25)/t15-,21-/m0/s1. The lowest BCUT2D eigenvalue weighted by Crippen LogP contribution is -2.43. The van der Waals surface area contributed by atoms with Crippen molar-refractivity contribution in [3.63, 3.8) is 0 Å². The molecule has 4 rings (SSSR count). The molecule has 3 aromatic rings. The zero-order valence-electron chi connectivity index (χ0n) is 15.6. The van der Waals surface area contributed by atoms with E-state index in [1.54, 1.807) is 11.3 Å². The molecule has 1 amide bonds. The van der Waals surface area contributed by atoms with Gasteiger partial charge in [-0.1, -0.05) is 42.5 Å². The zero-order valence-corrected chi connectivity index (χ0v) is 16.4. The maximum Gasteiger partial charge on any atom is 0.237 e. The van der Waals surface area contributed by atoms with Crippen molar-refractivity contribution >= 4 is 17.2 Å². The fraction of sp³-hybridized carbons (Fsp3) is 0.227. The number of thiophene rings is 1. The Morgan fingerprint density at radius 1 is 1.07 bits per heavy atom. The van der Waals surface area contributed by atoms with Crippen molar-refractivity contribution in [2.24, 2.45) is 0 Å². The van der Waals surface area contributed by atoms with E-state index >= 15 is 0 Å². The third-order valence-electron chi connectivity index (χ3n) is 4.67. The molecular weight excluding hydrogens is 372 g/mol. The molecule has 0 spiro atoms. The number of carbonyl (C=O) groups is 1. The number of benzene rings is 2. The van der Waals surface area contributed by atoms with E-state index < -0.39 is 0 Å². The van der Waals surface area contributed by atoms with Gasteiger partial charge >= 0.3 is 0 Å². The molecule has 2 aromatic carbocycles. The lowest BCUT2D eigenvalue weighted by atomic mass is 10.0. The van der Waals surface area contributed by atoms with Crippen LogP contribution < -0.4 is 20.1 Å². The van der Waals surface area contributed by atoms with Gasteiger partial charge in [-0.15, -0.1) is 11.3 Å². The molecule has 5 nitrogen and oxygen atoms in total. The van der Waals surface area contributed by atoms with Gasteiger partial charge in [-0.3, -0.25) is 10.1 Å². The summed E-state index contributed by atoms with van der Waals surface area (Å²) in [5.41, 5.74) is 2.11. The van der Waals surface area contributed by atoms with Crippen LogP contribution in [0.25, 0.3) is 0 Å². The quantitative estimate of drug-likeness (QED) is 0.639. The summed E-state index contributed by atoms with van der Waals surface area (Å²) in [5, 5.41) is 8.52. The molecule has 0 saturated carbocycles. The summed E-state index contributed by atoms with van der Waals surface area (Å²) in [6.07, 6.45) is 0. The number of ether oxygens (including phenoxy) is 2. The third-order valence-corrected chi connectivity index (χ3v) is 5.61. The van der Waals surface area contributed by atoms with Crippen LogP contribution in [-0.4, -0.2) is 18.7 Å². The van der Waals surface area contributed by atoms with Gasteiger partial charge in [-0.05, 0) is 41.6 Å². The molecule has 0 fully saturated rings. The van der Waals surface area contributed by atoms with Crippen LogP contribution in [-0.2, 0) is 11.3 Å². The monoisotopic (exact) mass is 394 g/mol. The van der Waals surface area contributed by atoms with Gasteiger partial charge in [0, 0.05) is 11.4 Å². The van der Waals surface area contributed by atoms with Crippen molar-refractivity contribution in [2.45, 2.75) is 25.6 Å². The summed E-state index contributed by atoms with van der Waals surface area (Å²) in [4.78, 5) is 13.8. The molecule has 1 aliphatic rings. The van der Waals surface area contributed by atoms with Crippen molar-refractivity contribution in [1.82, 2.24) is 10.6 Å². The van der Waals surface area contributed by atoms with Crippen LogP contribution in [0.15, 0.2) is 66.0 Å². The van der Waals surface area contributed by atoms with Gasteiger partial charge in [-0.25, -0.2) is 0 Å². The smallest absolute Gasteiger partial charge is 0.237 e. The van der Waals surface area contributed by atoms with Crippen molar-refractivity contribution < 1.29 is 14.3 Å². The Labute approximate surface area is 168 Å². The number of rotatable bonds is 7. The van der Waals surface area contributed by atoms with E-state index in [1.165, 1.54) is 4.88 Å². The highest BCUT2D eigenvalue weighted by Crippen LogP contribution is 2.32. The fourth-order valence-corrected chi connectivity index (χ4v) is 3.97. The number of fused-ring (bicyclic) bond motifs is 1. The first kappa shape index (κ1) is 18.5. The van der Waals surface area contributed by atoms with E-state index in [2.05, 4.69) is 34.2 Å². The molecule has 2 atom stereocenters. The predicted octanol–water partition coefficient (Wildman–Crippen LogP) is 3.86. The SMILES string of the molecule is C[C@H](N[C@@H](c1ccccc1)c1cccs1)C(=O)NCc1ccc2c(c1)OCO2. The summed E-state index contributed by atoms with van der Waals surface area (Å²) in [6, 6.07) is 19.6. The van der Waals surface area contributed by atoms with E-state index in [0.717, 1.165) is 22.6 Å². The van der Waals surface area contributed by atoms with Gasteiger partial charge in [0.25, 0.3) is 0 Å². The Morgan fingerprint density at radius 3 is 2.68 bits per heavy atom. The second kappa shape index (κ2) is 8.46. The average Bonchev–Trinajstić information content (AvgIpc) is 3.42. The molecule has 0 saturated heterocycles. The lowest BCUT2D eigenvalue weighted by molar-refractivity contribution is -0.123. The molecule has 1 aliphatic heterocycles. The third kappa shape index (κ3) is 4.18. The summed E-state index contributed by atoms with van der Waals surface area (Å²) in [6.45, 7) is 2.57. The van der Waals surface area contributed by atoms with Gasteiger partial charge < -0.3 is 14.8 Å². The molecule has 0 unspecified atom stereocenters. The molecule has 0 aliphatic carbocycles. The minimum atomic E-state index is -0.346. The first-order valence-electron chi connectivity index (χ1n) is 9.21. The van der Waals surface area contributed by atoms with Gasteiger partial charge in [0.05, 0.1) is 12.1 Å². The Bertz CT molecular complexity index is 928. The molecule has 0 radical (unpaired) electrons. The summed E-state index contributed by atoms with van der Waals surface area (Å²) in [5.74, 6) is 1.42. The summed E-state index contributed by atoms with van der Waals surface area (Å²) >= 11 is 1.68. The zero-order chi connectivity index (χ0) is 19.3. The van der Waals surface area contributed by atoms with E-state index in [1.807, 2.05) is 49.4 Å². The van der Waals surface area contributed by atoms with E-state index in [4.69, 9.17) is 9.47 Å². The lowest BCUT2D eigenvalue weighted by Gasteiger charge is -2.22. The number of amides is 1. The first-order valence-corrected chi connectivity index (χ1v) is 10.1. The van der Waals surface area contributed by atoms with Crippen LogP contribution in [0.3, 0.4) is 0 Å². The second-order valence-corrected chi connectivity index (χ2v) is 7.63. The van der Waals surface area contributed by atoms with Crippen molar-refractivity contribution in [2.75, 3.05) is 6.79 Å². The maximum atomic E-state index is 12.7. The molecule has 1 aromatic heterocycles. The molecule has 144 valence electrons. The minimum Gasteiger partial charge on any atom is -0.454 e. The predicted molar refractivity (Wildman–Crippen MR) is 110 cm³/mol. The van der Waals surface area contributed by atoms with Crippen molar-refractivity contribution in [3.05, 3.63) is 82.0 Å². The Morgan fingerprint density at radius 2 is 1.89 bits per heavy atom. The highest BCUT2D eigenvalue weighted by atomic mass is 32.1. The Kier molecular flexibility index (Phi) is 5.60. The van der Waals surface area contributed by atoms with Crippen LogP contribution in [0.2, 0.25) is 0 Å². The number of carbonyl (C=O) groups excluding carboxylic acids is 1. The highest BCUT2D eigenvalue weighted by Gasteiger charge is 2.21. The van der Waals surface area contributed by atoms with Gasteiger partial charge in [0.1, 0.15) is 0 Å². The molecular formula is C22H22N2O3S. The largest absolute Gasteiger partial charge is 0.454 e. The summed E-state index contributed by atoms with van der Waals surface area (Å²) in [7, 11) is 0. The fourth-order valence-electron chi connectivity index (χ4n) is 3.16. The minimum absolute atomic E-state index is 0.0208. The van der Waals surface area contributed by atoms with E-state index in [0.29, 0.717) is 6.54 Å². The average molecular weight is 394 g/mol. The topological polar surface area (TPSA) is 59.6 Å². The Hall–Kier alpha value is -2.83. The van der Waals surface area contributed by atoms with Gasteiger partial charge in [0.2, 0.25) is 12.7 Å². The normalized spacial score (nSPS) is 14.5. The van der Waals surface area contributed by atoms with Gasteiger partial charge in [-0.2, -0.15) is 0 Å². The summed E-state index contributed by atoms with van der Waals surface area (Å²) < 4.78 is 10.7. The highest BCUT2D eigenvalue weighted by molar-refractivity contribution is 7.10. The van der Waals surface area contributed by atoms with Crippen LogP contribution >= 0.6 is 11.3 Å². The van der Waals surface area contributed by atoms with Gasteiger partial charge in [0.15, 0.2) is 11.5 Å². The van der Waals surface area contributed by atoms with Crippen LogP contribution in [0.5, 0.6) is 11.5 Å². The number of hydrogen-bond donors (Lipinski definition) is 2. The first-order chi connectivity index (χ1) is 13.7. The molecule has 0 bridgehead atoms. The van der Waals surface area contributed by atoms with Crippen molar-refractivity contribution in [1.29, 1.82) is 0 Å². The van der Waals surface area contributed by atoms with E-state index in [9.17, 15) is 4.79 Å². The van der Waals surface area contributed by atoms with Crippen LogP contribution in [0, 0.1) is 0 Å². The van der Waals surface area contributed by atoms with Crippen LogP contribution in [0.4, 0.5) is 0 Å². The molecule has 6 heteroatoms. The molecule has 2 heterocycles. The Balaban J connectivity index is 1.40. The molecule has 28 heavy (non-hydrogen) atoms. The maximum absolute atomic E-state index is 12.7.